The van der Waals surface area contributed by atoms with Gasteiger partial charge in [-0.2, -0.15) is 0 Å². The van der Waals surface area contributed by atoms with Crippen LogP contribution < -0.4 is 0 Å². The predicted molar refractivity (Wildman–Crippen MR) is 109 cm³/mol. The SMILES string of the molecule is CC1(C)CN(C(=O)c2ccc(Cl)cc2)C[C@@H]2CN(Cc3nccs3)CCN21. The second-order valence-electron chi connectivity index (χ2n) is 8.01. The maximum Gasteiger partial charge on any atom is 0.253 e. The number of aromatic nitrogens is 1. The molecule has 2 aliphatic heterocycles. The Bertz CT molecular complexity index is 793. The molecule has 7 heteroatoms. The summed E-state index contributed by atoms with van der Waals surface area (Å²) in [5.41, 5.74) is 0.678. The molecule has 0 spiro atoms. The highest BCUT2D eigenvalue weighted by molar-refractivity contribution is 7.09. The first-order valence-corrected chi connectivity index (χ1v) is 10.6. The molecule has 1 amide bonds. The molecule has 1 aromatic heterocycles. The molecular weight excluding hydrogens is 380 g/mol. The molecule has 0 bridgehead atoms. The zero-order valence-electron chi connectivity index (χ0n) is 15.8. The van der Waals surface area contributed by atoms with Crippen LogP contribution in [0.2, 0.25) is 5.02 Å². The van der Waals surface area contributed by atoms with Gasteiger partial charge in [-0.15, -0.1) is 11.3 Å². The maximum atomic E-state index is 13.1. The van der Waals surface area contributed by atoms with Crippen molar-refractivity contribution in [1.82, 2.24) is 19.7 Å². The van der Waals surface area contributed by atoms with Crippen molar-refractivity contribution in [3.8, 4) is 0 Å². The lowest BCUT2D eigenvalue weighted by molar-refractivity contribution is -0.0577. The smallest absolute Gasteiger partial charge is 0.253 e. The van der Waals surface area contributed by atoms with Gasteiger partial charge in [0.05, 0.1) is 6.54 Å². The number of fused-ring (bicyclic) bond motifs is 1. The maximum absolute atomic E-state index is 13.1. The Labute approximate surface area is 169 Å². The van der Waals surface area contributed by atoms with E-state index in [0.29, 0.717) is 16.6 Å². The van der Waals surface area contributed by atoms with Crippen LogP contribution in [0.3, 0.4) is 0 Å². The van der Waals surface area contributed by atoms with E-state index in [2.05, 4.69) is 28.6 Å². The standard InChI is InChI=1S/C20H25ClN4OS/c1-20(2)14-24(19(26)15-3-5-16(21)6-4-15)12-17-11-23(8-9-25(17)20)13-18-22-7-10-27-18/h3-7,10,17H,8-9,11-14H2,1-2H3/t17-/m0/s1. The Morgan fingerprint density at radius 1 is 1.26 bits per heavy atom. The number of hydrogen-bond acceptors (Lipinski definition) is 5. The summed E-state index contributed by atoms with van der Waals surface area (Å²) in [4.78, 5) is 24.5. The highest BCUT2D eigenvalue weighted by Gasteiger charge is 2.43. The Balaban J connectivity index is 1.48. The highest BCUT2D eigenvalue weighted by atomic mass is 35.5. The Morgan fingerprint density at radius 3 is 2.74 bits per heavy atom. The fraction of sp³-hybridized carbons (Fsp3) is 0.500. The van der Waals surface area contributed by atoms with E-state index in [1.54, 1.807) is 23.5 Å². The minimum atomic E-state index is -0.0295. The molecule has 2 aromatic rings. The molecule has 4 rings (SSSR count). The summed E-state index contributed by atoms with van der Waals surface area (Å²) in [6.45, 7) is 9.95. The number of amides is 1. The third-order valence-electron chi connectivity index (χ3n) is 5.57. The average Bonchev–Trinajstić information content (AvgIpc) is 3.14. The van der Waals surface area contributed by atoms with Gasteiger partial charge in [-0.1, -0.05) is 11.6 Å². The lowest BCUT2D eigenvalue weighted by Gasteiger charge is -2.55. The summed E-state index contributed by atoms with van der Waals surface area (Å²) in [5, 5.41) is 3.84. The largest absolute Gasteiger partial charge is 0.335 e. The Morgan fingerprint density at radius 2 is 2.04 bits per heavy atom. The number of carbonyl (C=O) groups is 1. The first kappa shape index (κ1) is 18.9. The number of thiazole rings is 1. The zero-order chi connectivity index (χ0) is 19.0. The molecule has 0 aliphatic carbocycles. The van der Waals surface area contributed by atoms with E-state index in [4.69, 9.17) is 11.6 Å². The third kappa shape index (κ3) is 4.04. The molecule has 1 aromatic carbocycles. The first-order chi connectivity index (χ1) is 12.9. The monoisotopic (exact) mass is 404 g/mol. The topological polar surface area (TPSA) is 39.7 Å². The molecule has 0 unspecified atom stereocenters. The van der Waals surface area contributed by atoms with Gasteiger partial charge in [0.25, 0.3) is 5.91 Å². The number of nitrogens with zero attached hydrogens (tertiary/aromatic N) is 4. The van der Waals surface area contributed by atoms with Gasteiger partial charge in [0.2, 0.25) is 0 Å². The van der Waals surface area contributed by atoms with Gasteiger partial charge in [0.15, 0.2) is 0 Å². The van der Waals surface area contributed by atoms with Gasteiger partial charge in [0, 0.05) is 66.5 Å². The molecule has 27 heavy (non-hydrogen) atoms. The lowest BCUT2D eigenvalue weighted by Crippen LogP contribution is -2.70. The van der Waals surface area contributed by atoms with Crippen molar-refractivity contribution in [2.45, 2.75) is 32.0 Å². The number of rotatable bonds is 3. The van der Waals surface area contributed by atoms with Crippen molar-refractivity contribution in [2.24, 2.45) is 0 Å². The van der Waals surface area contributed by atoms with Gasteiger partial charge < -0.3 is 4.90 Å². The van der Waals surface area contributed by atoms with E-state index in [0.717, 1.165) is 44.3 Å². The molecule has 2 aliphatic rings. The minimum Gasteiger partial charge on any atom is -0.335 e. The van der Waals surface area contributed by atoms with E-state index in [1.165, 1.54) is 0 Å². The summed E-state index contributed by atoms with van der Waals surface area (Å²) in [7, 11) is 0. The molecule has 2 fully saturated rings. The zero-order valence-corrected chi connectivity index (χ0v) is 17.3. The van der Waals surface area contributed by atoms with Crippen LogP contribution >= 0.6 is 22.9 Å². The fourth-order valence-corrected chi connectivity index (χ4v) is 5.13. The number of piperazine rings is 2. The van der Waals surface area contributed by atoms with Gasteiger partial charge in [-0.3, -0.25) is 14.6 Å². The van der Waals surface area contributed by atoms with E-state index in [-0.39, 0.29) is 11.4 Å². The number of halogens is 1. The second kappa shape index (κ2) is 7.51. The fourth-order valence-electron chi connectivity index (χ4n) is 4.35. The summed E-state index contributed by atoms with van der Waals surface area (Å²) in [5.74, 6) is 0.0939. The molecule has 2 saturated heterocycles. The van der Waals surface area contributed by atoms with Crippen LogP contribution in [0.4, 0.5) is 0 Å². The van der Waals surface area contributed by atoms with E-state index < -0.39 is 0 Å². The third-order valence-corrected chi connectivity index (χ3v) is 6.59. The molecule has 5 nitrogen and oxygen atoms in total. The van der Waals surface area contributed by atoms with Crippen LogP contribution in [-0.2, 0) is 6.54 Å². The Kier molecular flexibility index (Phi) is 5.25. The summed E-state index contributed by atoms with van der Waals surface area (Å²) >= 11 is 7.68. The van der Waals surface area contributed by atoms with Gasteiger partial charge in [-0.05, 0) is 38.1 Å². The van der Waals surface area contributed by atoms with E-state index in [9.17, 15) is 4.79 Å². The van der Waals surface area contributed by atoms with Crippen molar-refractivity contribution in [2.75, 3.05) is 32.7 Å². The first-order valence-electron chi connectivity index (χ1n) is 9.35. The summed E-state index contributed by atoms with van der Waals surface area (Å²) in [6.07, 6.45) is 1.87. The van der Waals surface area contributed by atoms with Gasteiger partial charge in [0.1, 0.15) is 5.01 Å². The molecule has 0 saturated carbocycles. The molecule has 1 atom stereocenters. The normalized spacial score (nSPS) is 23.2. The number of hydrogen-bond donors (Lipinski definition) is 0. The minimum absolute atomic E-state index is 0.0295. The van der Waals surface area contributed by atoms with Crippen molar-refractivity contribution in [3.05, 3.63) is 51.4 Å². The molecule has 3 heterocycles. The molecular formula is C20H25ClN4OS. The van der Waals surface area contributed by atoms with E-state index >= 15 is 0 Å². The van der Waals surface area contributed by atoms with Crippen LogP contribution in [0, 0.1) is 0 Å². The summed E-state index contributed by atoms with van der Waals surface area (Å²) < 4.78 is 0. The van der Waals surface area contributed by atoms with Crippen LogP contribution in [0.5, 0.6) is 0 Å². The van der Waals surface area contributed by atoms with Crippen LogP contribution in [0.1, 0.15) is 29.2 Å². The lowest BCUT2D eigenvalue weighted by atomic mass is 9.92. The van der Waals surface area contributed by atoms with Crippen LogP contribution in [0.25, 0.3) is 0 Å². The van der Waals surface area contributed by atoms with Crippen molar-refractivity contribution < 1.29 is 4.79 Å². The summed E-state index contributed by atoms with van der Waals surface area (Å²) in [6, 6.07) is 7.55. The second-order valence-corrected chi connectivity index (χ2v) is 9.43. The predicted octanol–water partition coefficient (Wildman–Crippen LogP) is 3.22. The molecule has 0 radical (unpaired) electrons. The van der Waals surface area contributed by atoms with Gasteiger partial charge in [-0.25, -0.2) is 4.98 Å². The Hall–Kier alpha value is -1.47. The number of benzene rings is 1. The average molecular weight is 405 g/mol. The van der Waals surface area contributed by atoms with E-state index in [1.807, 2.05) is 28.6 Å². The van der Waals surface area contributed by atoms with Crippen LogP contribution in [-0.4, -0.2) is 69.9 Å². The quantitative estimate of drug-likeness (QED) is 0.787. The number of carbonyl (C=O) groups excluding carboxylic acids is 1. The van der Waals surface area contributed by atoms with Crippen molar-refractivity contribution in [1.29, 1.82) is 0 Å². The molecule has 144 valence electrons. The molecule has 0 N–H and O–H groups in total. The van der Waals surface area contributed by atoms with Crippen molar-refractivity contribution in [3.63, 3.8) is 0 Å². The van der Waals surface area contributed by atoms with Gasteiger partial charge >= 0.3 is 0 Å². The van der Waals surface area contributed by atoms with Crippen molar-refractivity contribution >= 4 is 28.8 Å². The highest BCUT2D eigenvalue weighted by Crippen LogP contribution is 2.29. The van der Waals surface area contributed by atoms with Crippen LogP contribution in [0.15, 0.2) is 35.8 Å².